The molecule has 0 bridgehead atoms. The Morgan fingerprint density at radius 2 is 1.03 bits per heavy atom. The Kier molecular flexibility index (Phi) is 5.88. The summed E-state index contributed by atoms with van der Waals surface area (Å²) in [4.78, 5) is 2.33. The van der Waals surface area contributed by atoms with Crippen molar-refractivity contribution in [1.82, 2.24) is 0 Å². The Morgan fingerprint density at radius 3 is 1.62 bits per heavy atom. The summed E-state index contributed by atoms with van der Waals surface area (Å²) in [5.74, 6) is 0. The minimum absolute atomic E-state index is 0.770. The second-order valence-electron chi connectivity index (χ2n) is 8.73. The minimum Gasteiger partial charge on any atom is -0.399 e. The zero-order valence-electron chi connectivity index (χ0n) is 19.6. The molecule has 5 aromatic carbocycles. The average Bonchev–Trinajstić information content (AvgIpc) is 2.85. The molecule has 0 unspecified atom stereocenters. The van der Waals surface area contributed by atoms with Crippen LogP contribution >= 0.6 is 0 Å². The first-order chi connectivity index (χ1) is 16.6. The van der Waals surface area contributed by atoms with Crippen LogP contribution in [-0.4, -0.2) is 0 Å². The van der Waals surface area contributed by atoms with Gasteiger partial charge in [0.15, 0.2) is 0 Å². The lowest BCUT2D eigenvalue weighted by Gasteiger charge is -2.27. The molecule has 2 heteroatoms. The number of rotatable bonds is 5. The molecular weight excluding hydrogens is 412 g/mol. The van der Waals surface area contributed by atoms with Gasteiger partial charge in [0.25, 0.3) is 0 Å². The Hall–Kier alpha value is -4.30. The van der Waals surface area contributed by atoms with Crippen LogP contribution < -0.4 is 10.6 Å². The highest BCUT2D eigenvalue weighted by atomic mass is 15.1. The van der Waals surface area contributed by atoms with Crippen molar-refractivity contribution in [2.45, 2.75) is 13.8 Å². The predicted molar refractivity (Wildman–Crippen MR) is 146 cm³/mol. The molecule has 0 aliphatic rings. The van der Waals surface area contributed by atoms with Crippen LogP contribution in [0.2, 0.25) is 0 Å². The van der Waals surface area contributed by atoms with Gasteiger partial charge in [-0.3, -0.25) is 0 Å². The number of nitrogen functional groups attached to an aromatic ring is 1. The number of benzene rings is 5. The first-order valence-corrected chi connectivity index (χ1v) is 11.6. The summed E-state index contributed by atoms with van der Waals surface area (Å²) in [6.45, 7) is 4.27. The predicted octanol–water partition coefficient (Wildman–Crippen LogP) is 8.69. The van der Waals surface area contributed by atoms with E-state index in [1.165, 1.54) is 27.8 Å². The van der Waals surface area contributed by atoms with E-state index in [0.29, 0.717) is 0 Å². The third kappa shape index (κ3) is 4.44. The smallest absolute Gasteiger partial charge is 0.0468 e. The Labute approximate surface area is 201 Å². The fourth-order valence-corrected chi connectivity index (χ4v) is 4.42. The van der Waals surface area contributed by atoms with Crippen LogP contribution in [0.3, 0.4) is 0 Å². The fraction of sp³-hybridized carbons (Fsp3) is 0.0625. The minimum atomic E-state index is 0.770. The lowest BCUT2D eigenvalue weighted by molar-refractivity contribution is 1.26. The van der Waals surface area contributed by atoms with E-state index in [9.17, 15) is 0 Å². The van der Waals surface area contributed by atoms with E-state index in [2.05, 4.69) is 128 Å². The van der Waals surface area contributed by atoms with E-state index in [0.717, 1.165) is 28.3 Å². The Morgan fingerprint density at radius 1 is 0.471 bits per heavy atom. The molecule has 0 amide bonds. The maximum Gasteiger partial charge on any atom is 0.0468 e. The standard InChI is InChI=1S/C32H28N2/c1-23-8-6-12-28(20-23)34(29-13-7-9-24(2)21-29)30-18-19-31(26-14-16-27(33)17-15-26)32(22-30)25-10-4-3-5-11-25/h3-22H,33H2,1-2H3. The molecule has 0 fully saturated rings. The van der Waals surface area contributed by atoms with Crippen molar-refractivity contribution < 1.29 is 0 Å². The van der Waals surface area contributed by atoms with Crippen molar-refractivity contribution in [2.24, 2.45) is 0 Å². The zero-order chi connectivity index (χ0) is 23.5. The molecule has 0 aliphatic carbocycles. The van der Waals surface area contributed by atoms with Crippen molar-refractivity contribution in [1.29, 1.82) is 0 Å². The van der Waals surface area contributed by atoms with Crippen molar-refractivity contribution >= 4 is 22.7 Å². The van der Waals surface area contributed by atoms with Crippen LogP contribution in [0.1, 0.15) is 11.1 Å². The van der Waals surface area contributed by atoms with Gasteiger partial charge < -0.3 is 10.6 Å². The van der Waals surface area contributed by atoms with Crippen LogP contribution in [0.4, 0.5) is 22.7 Å². The van der Waals surface area contributed by atoms with Crippen LogP contribution in [0.5, 0.6) is 0 Å². The molecule has 5 aromatic rings. The molecule has 0 saturated carbocycles. The summed E-state index contributed by atoms with van der Waals surface area (Å²) in [5, 5.41) is 0. The Bertz CT molecular complexity index is 1370. The summed E-state index contributed by atoms with van der Waals surface area (Å²) < 4.78 is 0. The summed E-state index contributed by atoms with van der Waals surface area (Å²) in [5.41, 5.74) is 17.3. The first kappa shape index (κ1) is 21.5. The zero-order valence-corrected chi connectivity index (χ0v) is 19.6. The monoisotopic (exact) mass is 440 g/mol. The molecule has 5 rings (SSSR count). The van der Waals surface area contributed by atoms with Gasteiger partial charge in [-0.25, -0.2) is 0 Å². The van der Waals surface area contributed by atoms with E-state index in [4.69, 9.17) is 5.73 Å². The number of hydrogen-bond acceptors (Lipinski definition) is 2. The van der Waals surface area contributed by atoms with Crippen LogP contribution in [0.15, 0.2) is 121 Å². The van der Waals surface area contributed by atoms with Gasteiger partial charge in [0.1, 0.15) is 0 Å². The molecule has 0 aromatic heterocycles. The summed E-state index contributed by atoms with van der Waals surface area (Å²) >= 11 is 0. The second kappa shape index (κ2) is 9.29. The average molecular weight is 441 g/mol. The molecule has 0 radical (unpaired) electrons. The van der Waals surface area contributed by atoms with E-state index in [1.807, 2.05) is 12.1 Å². The topological polar surface area (TPSA) is 29.3 Å². The molecule has 2 nitrogen and oxygen atoms in total. The molecule has 166 valence electrons. The van der Waals surface area contributed by atoms with Gasteiger partial charge in [0, 0.05) is 22.7 Å². The molecule has 0 heterocycles. The summed E-state index contributed by atoms with van der Waals surface area (Å²) in [6, 6.07) is 42.7. The SMILES string of the molecule is Cc1cccc(N(c2cccc(C)c2)c2ccc(-c3ccc(N)cc3)c(-c3ccccc3)c2)c1. The van der Waals surface area contributed by atoms with Crippen molar-refractivity contribution in [3.8, 4) is 22.3 Å². The molecular formula is C32H28N2. The molecule has 34 heavy (non-hydrogen) atoms. The number of nitrogens with two attached hydrogens (primary N) is 1. The number of nitrogens with zero attached hydrogens (tertiary/aromatic N) is 1. The summed E-state index contributed by atoms with van der Waals surface area (Å²) in [7, 11) is 0. The summed E-state index contributed by atoms with van der Waals surface area (Å²) in [6.07, 6.45) is 0. The third-order valence-electron chi connectivity index (χ3n) is 6.09. The van der Waals surface area contributed by atoms with Crippen molar-refractivity contribution in [3.63, 3.8) is 0 Å². The maximum absolute atomic E-state index is 5.96. The quantitative estimate of drug-likeness (QED) is 0.277. The first-order valence-electron chi connectivity index (χ1n) is 11.6. The van der Waals surface area contributed by atoms with Gasteiger partial charge in [-0.15, -0.1) is 0 Å². The van der Waals surface area contributed by atoms with Crippen LogP contribution in [-0.2, 0) is 0 Å². The molecule has 0 atom stereocenters. The number of aryl methyl sites for hydroxylation is 2. The van der Waals surface area contributed by atoms with E-state index >= 15 is 0 Å². The normalized spacial score (nSPS) is 10.8. The lowest BCUT2D eigenvalue weighted by atomic mass is 9.93. The van der Waals surface area contributed by atoms with Gasteiger partial charge in [0.05, 0.1) is 0 Å². The number of anilines is 4. The molecule has 0 spiro atoms. The van der Waals surface area contributed by atoms with Gasteiger partial charge in [0.2, 0.25) is 0 Å². The van der Waals surface area contributed by atoms with Crippen LogP contribution in [0, 0.1) is 13.8 Å². The van der Waals surface area contributed by atoms with Crippen molar-refractivity contribution in [3.05, 3.63) is 132 Å². The van der Waals surface area contributed by atoms with Gasteiger partial charge >= 0.3 is 0 Å². The van der Waals surface area contributed by atoms with Gasteiger partial charge in [-0.2, -0.15) is 0 Å². The highest BCUT2D eigenvalue weighted by Crippen LogP contribution is 2.40. The lowest BCUT2D eigenvalue weighted by Crippen LogP contribution is -2.10. The maximum atomic E-state index is 5.96. The third-order valence-corrected chi connectivity index (χ3v) is 6.09. The van der Waals surface area contributed by atoms with E-state index in [1.54, 1.807) is 0 Å². The van der Waals surface area contributed by atoms with E-state index in [-0.39, 0.29) is 0 Å². The van der Waals surface area contributed by atoms with E-state index < -0.39 is 0 Å². The van der Waals surface area contributed by atoms with Crippen molar-refractivity contribution in [2.75, 3.05) is 10.6 Å². The highest BCUT2D eigenvalue weighted by molar-refractivity contribution is 5.89. The Balaban J connectivity index is 1.73. The molecule has 0 saturated heterocycles. The molecule has 2 N–H and O–H groups in total. The largest absolute Gasteiger partial charge is 0.399 e. The second-order valence-corrected chi connectivity index (χ2v) is 8.73. The van der Waals surface area contributed by atoms with Gasteiger partial charge in [-0.1, -0.05) is 72.8 Å². The fourth-order valence-electron chi connectivity index (χ4n) is 4.42. The molecule has 0 aliphatic heterocycles. The number of hydrogen-bond donors (Lipinski definition) is 1. The van der Waals surface area contributed by atoms with Gasteiger partial charge in [-0.05, 0) is 95.8 Å². The highest BCUT2D eigenvalue weighted by Gasteiger charge is 2.16. The van der Waals surface area contributed by atoms with Crippen LogP contribution in [0.25, 0.3) is 22.3 Å².